The Hall–Kier alpha value is -2.77. The molecule has 1 unspecified atom stereocenters. The second kappa shape index (κ2) is 10.5. The molecule has 31 heavy (non-hydrogen) atoms. The Kier molecular flexibility index (Phi) is 8.30. The van der Waals surface area contributed by atoms with Crippen molar-refractivity contribution < 1.29 is 19.1 Å². The molecule has 0 aliphatic rings. The number of carbonyl (C=O) groups is 2. The van der Waals surface area contributed by atoms with E-state index in [1.54, 1.807) is 51.2 Å². The third kappa shape index (κ3) is 6.87. The van der Waals surface area contributed by atoms with Gasteiger partial charge in [-0.15, -0.1) is 0 Å². The zero-order valence-electron chi connectivity index (χ0n) is 18.8. The van der Waals surface area contributed by atoms with Crippen molar-refractivity contribution in [2.75, 3.05) is 27.7 Å². The van der Waals surface area contributed by atoms with Crippen LogP contribution in [0.5, 0.6) is 11.5 Å². The second-order valence-electron chi connectivity index (χ2n) is 7.97. The Morgan fingerprint density at radius 1 is 1.13 bits per heavy atom. The van der Waals surface area contributed by atoms with Crippen LogP contribution in [-0.4, -0.2) is 50.2 Å². The minimum atomic E-state index is -1.03. The second-order valence-corrected chi connectivity index (χ2v) is 8.41. The molecule has 168 valence electrons. The van der Waals surface area contributed by atoms with E-state index in [4.69, 9.17) is 21.1 Å². The predicted molar refractivity (Wildman–Crippen MR) is 122 cm³/mol. The van der Waals surface area contributed by atoms with Gasteiger partial charge in [-0.1, -0.05) is 30.7 Å². The quantitative estimate of drug-likeness (QED) is 0.574. The van der Waals surface area contributed by atoms with Gasteiger partial charge in [0.15, 0.2) is 5.60 Å². The van der Waals surface area contributed by atoms with Gasteiger partial charge in [0.25, 0.3) is 11.8 Å². The van der Waals surface area contributed by atoms with Gasteiger partial charge in [-0.25, -0.2) is 5.01 Å². The van der Waals surface area contributed by atoms with Crippen molar-refractivity contribution in [1.29, 1.82) is 0 Å². The summed E-state index contributed by atoms with van der Waals surface area (Å²) in [4.78, 5) is 24.8. The van der Waals surface area contributed by atoms with Crippen molar-refractivity contribution in [3.63, 3.8) is 0 Å². The molecular weight excluding hydrogens is 418 g/mol. The van der Waals surface area contributed by atoms with E-state index in [0.29, 0.717) is 28.6 Å². The number of amides is 2. The van der Waals surface area contributed by atoms with Crippen LogP contribution in [0.15, 0.2) is 42.5 Å². The van der Waals surface area contributed by atoms with Gasteiger partial charge in [0.05, 0.1) is 12.7 Å². The average Bonchev–Trinajstić information content (AvgIpc) is 2.71. The molecular formula is C23H30ClN3O4. The van der Waals surface area contributed by atoms with Crippen molar-refractivity contribution in [3.05, 3.63) is 58.6 Å². The summed E-state index contributed by atoms with van der Waals surface area (Å²) in [6.45, 7) is 5.87. The normalized spacial score (nSPS) is 12.3. The number of nitrogens with one attached hydrogen (secondary N) is 2. The Labute approximate surface area is 188 Å². The van der Waals surface area contributed by atoms with Gasteiger partial charge in [0, 0.05) is 25.7 Å². The number of hydrogen-bond donors (Lipinski definition) is 2. The fourth-order valence-electron chi connectivity index (χ4n) is 2.86. The Morgan fingerprint density at radius 3 is 2.35 bits per heavy atom. The molecule has 2 rings (SSSR count). The van der Waals surface area contributed by atoms with Gasteiger partial charge in [-0.2, -0.15) is 0 Å². The molecule has 0 aliphatic carbocycles. The molecule has 0 spiro atoms. The molecule has 0 fully saturated rings. The SMILES string of the molecule is COc1ccc(Cl)cc1C(=O)NCC(C)c1ccc(OC(C)(C)C(=O)NN(C)C)cc1. The smallest absolute Gasteiger partial charge is 0.277 e. The molecule has 0 saturated carbocycles. The van der Waals surface area contributed by atoms with Crippen molar-refractivity contribution in [1.82, 2.24) is 15.8 Å². The lowest BCUT2D eigenvalue weighted by atomic mass is 10.0. The van der Waals surface area contributed by atoms with Crippen LogP contribution < -0.4 is 20.2 Å². The largest absolute Gasteiger partial charge is 0.496 e. The van der Waals surface area contributed by atoms with Crippen LogP contribution in [0.2, 0.25) is 5.02 Å². The zero-order valence-corrected chi connectivity index (χ0v) is 19.5. The summed E-state index contributed by atoms with van der Waals surface area (Å²) in [5, 5.41) is 4.96. The molecule has 0 aromatic heterocycles. The fourth-order valence-corrected chi connectivity index (χ4v) is 3.03. The number of hydrazine groups is 1. The summed E-state index contributed by atoms with van der Waals surface area (Å²) in [7, 11) is 4.99. The van der Waals surface area contributed by atoms with E-state index in [1.807, 2.05) is 31.2 Å². The van der Waals surface area contributed by atoms with Gasteiger partial charge in [-0.05, 0) is 55.7 Å². The maximum Gasteiger partial charge on any atom is 0.277 e. The highest BCUT2D eigenvalue weighted by Crippen LogP contribution is 2.24. The highest BCUT2D eigenvalue weighted by molar-refractivity contribution is 6.31. The topological polar surface area (TPSA) is 79.9 Å². The van der Waals surface area contributed by atoms with E-state index < -0.39 is 5.60 Å². The zero-order chi connectivity index (χ0) is 23.2. The molecule has 2 aromatic carbocycles. The third-order valence-electron chi connectivity index (χ3n) is 4.67. The van der Waals surface area contributed by atoms with Crippen molar-refractivity contribution in [2.45, 2.75) is 32.3 Å². The van der Waals surface area contributed by atoms with Gasteiger partial charge < -0.3 is 14.8 Å². The van der Waals surface area contributed by atoms with Crippen LogP contribution in [0.1, 0.15) is 42.6 Å². The minimum Gasteiger partial charge on any atom is -0.496 e. The van der Waals surface area contributed by atoms with Crippen molar-refractivity contribution >= 4 is 23.4 Å². The van der Waals surface area contributed by atoms with Crippen molar-refractivity contribution in [3.8, 4) is 11.5 Å². The molecule has 1 atom stereocenters. The summed E-state index contributed by atoms with van der Waals surface area (Å²) in [5.74, 6) is 0.627. The first kappa shape index (κ1) is 24.5. The predicted octanol–water partition coefficient (Wildman–Crippen LogP) is 3.63. The van der Waals surface area contributed by atoms with Crippen LogP contribution in [0, 0.1) is 0 Å². The third-order valence-corrected chi connectivity index (χ3v) is 4.90. The summed E-state index contributed by atoms with van der Waals surface area (Å²) in [5.41, 5.74) is 3.09. The molecule has 2 amide bonds. The molecule has 8 heteroatoms. The summed E-state index contributed by atoms with van der Waals surface area (Å²) >= 11 is 6.01. The fraction of sp³-hybridized carbons (Fsp3) is 0.391. The highest BCUT2D eigenvalue weighted by atomic mass is 35.5. The van der Waals surface area contributed by atoms with Crippen LogP contribution in [0.3, 0.4) is 0 Å². The van der Waals surface area contributed by atoms with Crippen LogP contribution >= 0.6 is 11.6 Å². The number of carbonyl (C=O) groups excluding carboxylic acids is 2. The molecule has 7 nitrogen and oxygen atoms in total. The first-order valence-electron chi connectivity index (χ1n) is 9.92. The number of halogens is 1. The van der Waals surface area contributed by atoms with Crippen LogP contribution in [0.25, 0.3) is 0 Å². The van der Waals surface area contributed by atoms with E-state index in [2.05, 4.69) is 10.7 Å². The number of ether oxygens (including phenoxy) is 2. The maximum atomic E-state index is 12.6. The number of methoxy groups -OCH3 is 1. The number of hydrogen-bond acceptors (Lipinski definition) is 5. The number of nitrogens with zero attached hydrogens (tertiary/aromatic N) is 1. The van der Waals surface area contributed by atoms with E-state index in [-0.39, 0.29) is 17.7 Å². The average molecular weight is 448 g/mol. The van der Waals surface area contributed by atoms with Crippen LogP contribution in [0.4, 0.5) is 0 Å². The van der Waals surface area contributed by atoms with Gasteiger partial charge in [0.2, 0.25) is 0 Å². The number of rotatable bonds is 9. The summed E-state index contributed by atoms with van der Waals surface area (Å²) < 4.78 is 11.1. The molecule has 0 bridgehead atoms. The monoisotopic (exact) mass is 447 g/mol. The van der Waals surface area contributed by atoms with Gasteiger partial charge in [0.1, 0.15) is 11.5 Å². The molecule has 2 N–H and O–H groups in total. The Balaban J connectivity index is 1.98. The lowest BCUT2D eigenvalue weighted by Crippen LogP contribution is -2.50. The van der Waals surface area contributed by atoms with Crippen LogP contribution in [-0.2, 0) is 4.79 Å². The lowest BCUT2D eigenvalue weighted by molar-refractivity contribution is -0.138. The molecule has 0 heterocycles. The summed E-state index contributed by atoms with van der Waals surface area (Å²) in [6, 6.07) is 12.4. The molecule has 0 radical (unpaired) electrons. The maximum absolute atomic E-state index is 12.6. The lowest BCUT2D eigenvalue weighted by Gasteiger charge is -2.27. The highest BCUT2D eigenvalue weighted by Gasteiger charge is 2.30. The van der Waals surface area contributed by atoms with E-state index >= 15 is 0 Å². The first-order valence-corrected chi connectivity index (χ1v) is 10.3. The van der Waals surface area contributed by atoms with E-state index in [9.17, 15) is 9.59 Å². The molecule has 2 aromatic rings. The van der Waals surface area contributed by atoms with Gasteiger partial charge >= 0.3 is 0 Å². The minimum absolute atomic E-state index is 0.0632. The van der Waals surface area contributed by atoms with E-state index in [0.717, 1.165) is 5.56 Å². The molecule has 0 aliphatic heterocycles. The summed E-state index contributed by atoms with van der Waals surface area (Å²) in [6.07, 6.45) is 0. The standard InChI is InChI=1S/C23H30ClN3O4/c1-15(14-25-21(28)19-13-17(24)9-12-20(19)30-6)16-7-10-18(11-8-16)31-23(2,3)22(29)26-27(4)5/h7-13,15H,14H2,1-6H3,(H,25,28)(H,26,29). The first-order chi connectivity index (χ1) is 14.5. The van der Waals surface area contributed by atoms with Crippen molar-refractivity contribution in [2.24, 2.45) is 0 Å². The van der Waals surface area contributed by atoms with E-state index in [1.165, 1.54) is 7.11 Å². The Bertz CT molecular complexity index is 914. The number of benzene rings is 2. The Morgan fingerprint density at radius 2 is 1.77 bits per heavy atom. The molecule has 0 saturated heterocycles. The van der Waals surface area contributed by atoms with Gasteiger partial charge in [-0.3, -0.25) is 15.0 Å².